The van der Waals surface area contributed by atoms with E-state index in [0.717, 1.165) is 44.6 Å². The van der Waals surface area contributed by atoms with Crippen molar-refractivity contribution in [3.05, 3.63) is 11.8 Å². The normalized spacial score (nSPS) is 18.4. The van der Waals surface area contributed by atoms with E-state index < -0.39 is 0 Å². The van der Waals surface area contributed by atoms with Crippen LogP contribution in [-0.4, -0.2) is 49.1 Å². The number of carbonyl (C=O) groups is 1. The molecule has 0 atom stereocenters. The van der Waals surface area contributed by atoms with E-state index in [1.54, 1.807) is 4.90 Å². The first kappa shape index (κ1) is 12.7. The topological polar surface area (TPSA) is 47.4 Å². The van der Waals surface area contributed by atoms with E-state index in [0.29, 0.717) is 5.92 Å². The molecule has 0 radical (unpaired) electrons. The van der Waals surface area contributed by atoms with Crippen molar-refractivity contribution >= 4 is 12.6 Å². The summed E-state index contributed by atoms with van der Waals surface area (Å²) in [6.07, 6.45) is 6.31. The SMILES string of the molecule is C/C(=C\C=N)N1CCC(CN(C)C=O)CC1. The number of rotatable bonds is 5. The Kier molecular flexibility index (Phi) is 5.02. The minimum Gasteiger partial charge on any atom is -0.375 e. The molecule has 0 spiro atoms. The highest BCUT2D eigenvalue weighted by molar-refractivity contribution is 5.68. The average molecular weight is 223 g/mol. The van der Waals surface area contributed by atoms with Crippen molar-refractivity contribution in [2.75, 3.05) is 26.7 Å². The summed E-state index contributed by atoms with van der Waals surface area (Å²) in [6.45, 7) is 4.98. The van der Waals surface area contributed by atoms with Gasteiger partial charge in [-0.1, -0.05) is 0 Å². The smallest absolute Gasteiger partial charge is 0.209 e. The Morgan fingerprint density at radius 2 is 2.12 bits per heavy atom. The number of nitrogens with zero attached hydrogens (tertiary/aromatic N) is 2. The molecule has 0 saturated carbocycles. The molecule has 1 aliphatic rings. The predicted molar refractivity (Wildman–Crippen MR) is 65.5 cm³/mol. The van der Waals surface area contributed by atoms with Crippen LogP contribution in [0.2, 0.25) is 0 Å². The van der Waals surface area contributed by atoms with Gasteiger partial charge in [-0.3, -0.25) is 4.79 Å². The van der Waals surface area contributed by atoms with Gasteiger partial charge in [-0.25, -0.2) is 0 Å². The molecule has 0 bridgehead atoms. The van der Waals surface area contributed by atoms with Crippen molar-refractivity contribution in [2.24, 2.45) is 5.92 Å². The highest BCUT2D eigenvalue weighted by atomic mass is 16.1. The number of allylic oxidation sites excluding steroid dienone is 2. The number of hydrogen-bond donors (Lipinski definition) is 1. The van der Waals surface area contributed by atoms with Gasteiger partial charge in [0.25, 0.3) is 0 Å². The summed E-state index contributed by atoms with van der Waals surface area (Å²) < 4.78 is 0. The maximum atomic E-state index is 10.5. The van der Waals surface area contributed by atoms with Gasteiger partial charge in [0, 0.05) is 38.6 Å². The molecule has 1 heterocycles. The molecule has 0 unspecified atom stereocenters. The summed E-state index contributed by atoms with van der Waals surface area (Å²) in [5, 5.41) is 7.04. The zero-order valence-electron chi connectivity index (χ0n) is 10.1. The van der Waals surface area contributed by atoms with Crippen molar-refractivity contribution < 1.29 is 4.79 Å². The van der Waals surface area contributed by atoms with Crippen LogP contribution < -0.4 is 0 Å². The fourth-order valence-electron chi connectivity index (χ4n) is 2.14. The molecule has 1 rings (SSSR count). The van der Waals surface area contributed by atoms with Crippen LogP contribution >= 0.6 is 0 Å². The zero-order chi connectivity index (χ0) is 12.0. The number of piperidine rings is 1. The van der Waals surface area contributed by atoms with E-state index in [1.807, 2.05) is 20.0 Å². The minimum absolute atomic E-state index is 0.624. The largest absolute Gasteiger partial charge is 0.375 e. The molecule has 4 heteroatoms. The van der Waals surface area contributed by atoms with Gasteiger partial charge in [-0.15, -0.1) is 0 Å². The molecule has 0 aromatic carbocycles. The van der Waals surface area contributed by atoms with Crippen molar-refractivity contribution in [1.82, 2.24) is 9.80 Å². The molecule has 1 N–H and O–H groups in total. The number of carbonyl (C=O) groups excluding carboxylic acids is 1. The van der Waals surface area contributed by atoms with E-state index in [1.165, 1.54) is 6.21 Å². The number of amides is 1. The lowest BCUT2D eigenvalue weighted by atomic mass is 9.96. The molecule has 0 aliphatic carbocycles. The Morgan fingerprint density at radius 3 is 2.62 bits per heavy atom. The number of hydrogen-bond acceptors (Lipinski definition) is 3. The zero-order valence-corrected chi connectivity index (χ0v) is 10.1. The van der Waals surface area contributed by atoms with Gasteiger partial charge in [0.2, 0.25) is 6.41 Å². The van der Waals surface area contributed by atoms with Gasteiger partial charge in [0.1, 0.15) is 0 Å². The van der Waals surface area contributed by atoms with Gasteiger partial charge in [-0.2, -0.15) is 0 Å². The Balaban J connectivity index is 2.36. The molecule has 0 aromatic heterocycles. The van der Waals surface area contributed by atoms with Gasteiger partial charge in [0.05, 0.1) is 0 Å². The van der Waals surface area contributed by atoms with Crippen LogP contribution in [0.4, 0.5) is 0 Å². The second-order valence-corrected chi connectivity index (χ2v) is 4.45. The van der Waals surface area contributed by atoms with Crippen LogP contribution in [0.5, 0.6) is 0 Å². The lowest BCUT2D eigenvalue weighted by molar-refractivity contribution is -0.117. The molecule has 1 amide bonds. The third-order valence-electron chi connectivity index (χ3n) is 3.16. The van der Waals surface area contributed by atoms with Crippen molar-refractivity contribution in [3.8, 4) is 0 Å². The van der Waals surface area contributed by atoms with Crippen LogP contribution in [0, 0.1) is 11.3 Å². The number of nitrogens with one attached hydrogen (secondary N) is 1. The monoisotopic (exact) mass is 223 g/mol. The third-order valence-corrected chi connectivity index (χ3v) is 3.16. The first-order chi connectivity index (χ1) is 7.67. The Bertz CT molecular complexity index is 267. The van der Waals surface area contributed by atoms with Crippen LogP contribution in [0.3, 0.4) is 0 Å². The van der Waals surface area contributed by atoms with Gasteiger partial charge < -0.3 is 15.2 Å². The van der Waals surface area contributed by atoms with Crippen LogP contribution in [0.1, 0.15) is 19.8 Å². The molecule has 90 valence electrons. The van der Waals surface area contributed by atoms with Crippen molar-refractivity contribution in [1.29, 1.82) is 5.41 Å². The quantitative estimate of drug-likeness (QED) is 0.565. The highest BCUT2D eigenvalue weighted by Gasteiger charge is 2.19. The van der Waals surface area contributed by atoms with Gasteiger partial charge >= 0.3 is 0 Å². The minimum atomic E-state index is 0.624. The third kappa shape index (κ3) is 3.68. The molecule has 0 aromatic rings. The maximum absolute atomic E-state index is 10.5. The second-order valence-electron chi connectivity index (χ2n) is 4.45. The summed E-state index contributed by atoms with van der Waals surface area (Å²) in [6, 6.07) is 0. The lowest BCUT2D eigenvalue weighted by Gasteiger charge is -2.35. The Hall–Kier alpha value is -1.32. The molecule has 1 fully saturated rings. The standard InChI is InChI=1S/C12H21N3O/c1-11(3-6-13)15-7-4-12(5-8-15)9-14(2)10-16/h3,6,10,12-13H,4-5,7-9H2,1-2H3/b11-3+,13-6?. The maximum Gasteiger partial charge on any atom is 0.209 e. The van der Waals surface area contributed by atoms with Crippen LogP contribution in [-0.2, 0) is 4.79 Å². The van der Waals surface area contributed by atoms with E-state index in [2.05, 4.69) is 4.90 Å². The fraction of sp³-hybridized carbons (Fsp3) is 0.667. The summed E-state index contributed by atoms with van der Waals surface area (Å²) in [5.74, 6) is 0.624. The molecular formula is C12H21N3O. The van der Waals surface area contributed by atoms with Crippen LogP contribution in [0.25, 0.3) is 0 Å². The van der Waals surface area contributed by atoms with Crippen molar-refractivity contribution in [3.63, 3.8) is 0 Å². The van der Waals surface area contributed by atoms with E-state index in [4.69, 9.17) is 5.41 Å². The molecule has 1 aliphatic heterocycles. The average Bonchev–Trinajstić information content (AvgIpc) is 2.30. The fourth-order valence-corrected chi connectivity index (χ4v) is 2.14. The van der Waals surface area contributed by atoms with E-state index >= 15 is 0 Å². The predicted octanol–water partition coefficient (Wildman–Crippen LogP) is 1.34. The first-order valence-corrected chi connectivity index (χ1v) is 5.75. The van der Waals surface area contributed by atoms with Gasteiger partial charge in [0.15, 0.2) is 0 Å². The molecule has 16 heavy (non-hydrogen) atoms. The summed E-state index contributed by atoms with van der Waals surface area (Å²) >= 11 is 0. The van der Waals surface area contributed by atoms with Gasteiger partial charge in [-0.05, 0) is 31.8 Å². The lowest BCUT2D eigenvalue weighted by Crippen LogP contribution is -2.36. The van der Waals surface area contributed by atoms with Crippen molar-refractivity contribution in [2.45, 2.75) is 19.8 Å². The molecular weight excluding hydrogens is 202 g/mol. The summed E-state index contributed by atoms with van der Waals surface area (Å²) in [5.41, 5.74) is 1.16. The van der Waals surface area contributed by atoms with E-state index in [-0.39, 0.29) is 0 Å². The molecule has 1 saturated heterocycles. The Labute approximate surface area is 97.4 Å². The van der Waals surface area contributed by atoms with E-state index in [9.17, 15) is 4.79 Å². The first-order valence-electron chi connectivity index (χ1n) is 5.75. The molecule has 4 nitrogen and oxygen atoms in total. The summed E-state index contributed by atoms with van der Waals surface area (Å²) in [7, 11) is 1.83. The van der Waals surface area contributed by atoms with Crippen LogP contribution in [0.15, 0.2) is 11.8 Å². The Morgan fingerprint density at radius 1 is 1.50 bits per heavy atom. The number of likely N-dealkylation sites (tertiary alicyclic amines) is 1. The summed E-state index contributed by atoms with van der Waals surface area (Å²) in [4.78, 5) is 14.5. The second kappa shape index (κ2) is 6.30. The highest BCUT2D eigenvalue weighted by Crippen LogP contribution is 2.20.